The van der Waals surface area contributed by atoms with Crippen LogP contribution in [0, 0.1) is 6.92 Å². The Morgan fingerprint density at radius 1 is 1.10 bits per heavy atom. The van der Waals surface area contributed by atoms with Gasteiger partial charge in [-0.1, -0.05) is 30.7 Å². The largest absolute Gasteiger partial charge is 0.497 e. The smallest absolute Gasteiger partial charge is 0.261 e. The van der Waals surface area contributed by atoms with Crippen molar-refractivity contribution >= 4 is 23.4 Å². The minimum absolute atomic E-state index is 0.0289. The van der Waals surface area contributed by atoms with E-state index in [1.165, 1.54) is 4.90 Å². The molecule has 0 aliphatic heterocycles. The molecule has 0 aromatic heterocycles. The van der Waals surface area contributed by atoms with Gasteiger partial charge in [0.1, 0.15) is 17.5 Å². The quantitative estimate of drug-likeness (QED) is 0.588. The van der Waals surface area contributed by atoms with Gasteiger partial charge in [-0.3, -0.25) is 9.59 Å². The van der Waals surface area contributed by atoms with Crippen molar-refractivity contribution < 1.29 is 19.1 Å². The maximum Gasteiger partial charge on any atom is 0.261 e. The van der Waals surface area contributed by atoms with Crippen LogP contribution in [0.3, 0.4) is 0 Å². The van der Waals surface area contributed by atoms with Crippen LogP contribution in [-0.2, 0) is 16.1 Å². The highest BCUT2D eigenvalue weighted by Crippen LogP contribution is 2.21. The topological polar surface area (TPSA) is 67.9 Å². The summed E-state index contributed by atoms with van der Waals surface area (Å²) in [5.41, 5.74) is 1.75. The Morgan fingerprint density at radius 2 is 1.74 bits per heavy atom. The third-order valence-corrected chi connectivity index (χ3v) is 5.60. The number of hydrogen-bond donors (Lipinski definition) is 1. The van der Waals surface area contributed by atoms with Crippen molar-refractivity contribution in [3.8, 4) is 11.5 Å². The molecule has 2 aromatic rings. The van der Waals surface area contributed by atoms with Crippen molar-refractivity contribution in [1.29, 1.82) is 0 Å². The first kappa shape index (κ1) is 24.5. The Kier molecular flexibility index (Phi) is 9.19. The van der Waals surface area contributed by atoms with Crippen LogP contribution in [0.5, 0.6) is 11.5 Å². The predicted octanol–water partition coefficient (Wildman–Crippen LogP) is 4.37. The average Bonchev–Trinajstić information content (AvgIpc) is 2.77. The third-order valence-electron chi connectivity index (χ3n) is 5.17. The van der Waals surface area contributed by atoms with Crippen LogP contribution in [0.15, 0.2) is 42.5 Å². The summed E-state index contributed by atoms with van der Waals surface area (Å²) in [6.07, 6.45) is 0.809. The number of nitrogens with zero attached hydrogens (tertiary/aromatic N) is 1. The Balaban J connectivity index is 2.16. The molecule has 6 nitrogen and oxygen atoms in total. The molecule has 0 bridgehead atoms. The molecule has 0 fully saturated rings. The van der Waals surface area contributed by atoms with Crippen molar-refractivity contribution in [3.63, 3.8) is 0 Å². The number of amides is 2. The second kappa shape index (κ2) is 11.6. The van der Waals surface area contributed by atoms with Crippen LogP contribution >= 0.6 is 11.6 Å². The molecule has 2 amide bonds. The Labute approximate surface area is 189 Å². The lowest BCUT2D eigenvalue weighted by molar-refractivity contribution is -0.142. The molecule has 0 aliphatic rings. The monoisotopic (exact) mass is 446 g/mol. The molecule has 168 valence electrons. The summed E-state index contributed by atoms with van der Waals surface area (Å²) in [6, 6.07) is 12.0. The number of hydrogen-bond acceptors (Lipinski definition) is 4. The highest BCUT2D eigenvalue weighted by molar-refractivity contribution is 6.31. The number of carbonyl (C=O) groups excluding carboxylic acids is 2. The average molecular weight is 447 g/mol. The lowest BCUT2D eigenvalue weighted by Gasteiger charge is -2.29. The van der Waals surface area contributed by atoms with Gasteiger partial charge in [-0.05, 0) is 68.7 Å². The number of benzene rings is 2. The summed E-state index contributed by atoms with van der Waals surface area (Å²) >= 11 is 6.05. The van der Waals surface area contributed by atoms with Crippen molar-refractivity contribution in [3.05, 3.63) is 58.6 Å². The van der Waals surface area contributed by atoms with E-state index < -0.39 is 6.04 Å². The van der Waals surface area contributed by atoms with Gasteiger partial charge in [0.05, 0.1) is 7.11 Å². The van der Waals surface area contributed by atoms with Crippen molar-refractivity contribution in [2.75, 3.05) is 13.7 Å². The number of halogens is 1. The number of ether oxygens (including phenoxy) is 2. The second-order valence-corrected chi connectivity index (χ2v) is 7.97. The van der Waals surface area contributed by atoms with Crippen LogP contribution in [-0.4, -0.2) is 42.5 Å². The molecule has 0 spiro atoms. The molecule has 2 rings (SSSR count). The molecule has 0 aliphatic carbocycles. The van der Waals surface area contributed by atoms with Gasteiger partial charge in [0.2, 0.25) is 5.91 Å². The number of carbonyl (C=O) groups is 2. The zero-order valence-corrected chi connectivity index (χ0v) is 19.5. The fourth-order valence-corrected chi connectivity index (χ4v) is 3.03. The van der Waals surface area contributed by atoms with E-state index in [4.69, 9.17) is 21.1 Å². The second-order valence-electron chi connectivity index (χ2n) is 7.56. The maximum absolute atomic E-state index is 13.1. The zero-order chi connectivity index (χ0) is 23.0. The molecule has 0 saturated heterocycles. The summed E-state index contributed by atoms with van der Waals surface area (Å²) in [5.74, 6) is 0.802. The number of nitrogens with one attached hydrogen (secondary N) is 1. The maximum atomic E-state index is 13.1. The first-order chi connectivity index (χ1) is 14.7. The molecule has 0 heterocycles. The highest BCUT2D eigenvalue weighted by atomic mass is 35.5. The Bertz CT molecular complexity index is 886. The minimum Gasteiger partial charge on any atom is -0.497 e. The van der Waals surface area contributed by atoms with Crippen LogP contribution < -0.4 is 14.8 Å². The van der Waals surface area contributed by atoms with E-state index in [1.54, 1.807) is 32.2 Å². The van der Waals surface area contributed by atoms with E-state index >= 15 is 0 Å². The Hall–Kier alpha value is -2.73. The van der Waals surface area contributed by atoms with Gasteiger partial charge in [0.15, 0.2) is 6.61 Å². The number of rotatable bonds is 10. The van der Waals surface area contributed by atoms with E-state index in [-0.39, 0.29) is 31.0 Å². The fourth-order valence-electron chi connectivity index (χ4n) is 2.91. The van der Waals surface area contributed by atoms with E-state index in [9.17, 15) is 9.59 Å². The minimum atomic E-state index is -0.654. The van der Waals surface area contributed by atoms with E-state index in [0.717, 1.165) is 23.3 Å². The molecule has 0 radical (unpaired) electrons. The fraction of sp³-hybridized carbons (Fsp3) is 0.417. The van der Waals surface area contributed by atoms with Gasteiger partial charge in [-0.15, -0.1) is 0 Å². The normalized spacial score (nSPS) is 12.6. The van der Waals surface area contributed by atoms with Crippen molar-refractivity contribution in [2.24, 2.45) is 0 Å². The predicted molar refractivity (Wildman–Crippen MR) is 123 cm³/mol. The SMILES string of the molecule is CCC(C)NC(=O)C(C)N(Cc1ccc(OC)cc1)C(=O)COc1ccc(Cl)c(C)c1. The first-order valence-electron chi connectivity index (χ1n) is 10.4. The summed E-state index contributed by atoms with van der Waals surface area (Å²) in [4.78, 5) is 27.3. The molecule has 2 aromatic carbocycles. The molecule has 0 saturated carbocycles. The molecule has 1 N–H and O–H groups in total. The first-order valence-corrected chi connectivity index (χ1v) is 10.7. The van der Waals surface area contributed by atoms with Crippen molar-refractivity contribution in [2.45, 2.75) is 52.7 Å². The molecule has 2 unspecified atom stereocenters. The zero-order valence-electron chi connectivity index (χ0n) is 18.8. The number of aryl methyl sites for hydroxylation is 1. The molecular formula is C24H31ClN2O4. The third kappa shape index (κ3) is 7.17. The van der Waals surface area contributed by atoms with E-state index in [2.05, 4.69) is 5.32 Å². The Morgan fingerprint density at radius 3 is 2.32 bits per heavy atom. The standard InChI is InChI=1S/C24H31ClN2O4/c1-6-17(3)26-24(29)18(4)27(14-19-7-9-20(30-5)10-8-19)23(28)15-31-21-11-12-22(25)16(2)13-21/h7-13,17-18H,6,14-15H2,1-5H3,(H,26,29). The van der Waals surface area contributed by atoms with Crippen LogP contribution in [0.2, 0.25) is 5.02 Å². The van der Waals surface area contributed by atoms with E-state index in [0.29, 0.717) is 10.8 Å². The summed E-state index contributed by atoms with van der Waals surface area (Å²) in [6.45, 7) is 7.63. The van der Waals surface area contributed by atoms with Gasteiger partial charge in [-0.25, -0.2) is 0 Å². The lowest BCUT2D eigenvalue weighted by Crippen LogP contribution is -2.50. The molecule has 7 heteroatoms. The van der Waals surface area contributed by atoms with Crippen LogP contribution in [0.1, 0.15) is 38.3 Å². The van der Waals surface area contributed by atoms with Gasteiger partial charge in [0, 0.05) is 17.6 Å². The van der Waals surface area contributed by atoms with Gasteiger partial charge < -0.3 is 19.7 Å². The summed E-state index contributed by atoms with van der Waals surface area (Å²) < 4.78 is 10.9. The van der Waals surface area contributed by atoms with Gasteiger partial charge in [-0.2, -0.15) is 0 Å². The van der Waals surface area contributed by atoms with Crippen molar-refractivity contribution in [1.82, 2.24) is 10.2 Å². The molecule has 31 heavy (non-hydrogen) atoms. The lowest BCUT2D eigenvalue weighted by atomic mass is 10.1. The molecule has 2 atom stereocenters. The van der Waals surface area contributed by atoms with Gasteiger partial charge >= 0.3 is 0 Å². The summed E-state index contributed by atoms with van der Waals surface area (Å²) in [7, 11) is 1.60. The summed E-state index contributed by atoms with van der Waals surface area (Å²) in [5, 5.41) is 3.58. The van der Waals surface area contributed by atoms with E-state index in [1.807, 2.05) is 45.0 Å². The van der Waals surface area contributed by atoms with Crippen LogP contribution in [0.4, 0.5) is 0 Å². The van der Waals surface area contributed by atoms with Crippen LogP contribution in [0.25, 0.3) is 0 Å². The highest BCUT2D eigenvalue weighted by Gasteiger charge is 2.27. The van der Waals surface area contributed by atoms with Gasteiger partial charge in [0.25, 0.3) is 5.91 Å². The number of methoxy groups -OCH3 is 1. The molecular weight excluding hydrogens is 416 g/mol.